The maximum atomic E-state index is 12.5. The van der Waals surface area contributed by atoms with Crippen LogP contribution in [0.1, 0.15) is 10.4 Å². The molecular formula is C12H11ClN2O5S. The molecule has 21 heavy (non-hydrogen) atoms. The van der Waals surface area contributed by atoms with Crippen molar-refractivity contribution in [3.8, 4) is 6.07 Å². The van der Waals surface area contributed by atoms with Crippen molar-refractivity contribution in [1.82, 2.24) is 4.31 Å². The van der Waals surface area contributed by atoms with Gasteiger partial charge in [0.2, 0.25) is 10.0 Å². The summed E-state index contributed by atoms with van der Waals surface area (Å²) in [4.78, 5) is 10.7. The van der Waals surface area contributed by atoms with E-state index in [2.05, 4.69) is 0 Å². The number of rotatable bonds is 3. The molecule has 1 atom stereocenters. The molecule has 0 bridgehead atoms. The van der Waals surface area contributed by atoms with Gasteiger partial charge in [-0.25, -0.2) is 13.2 Å². The number of benzene rings is 1. The zero-order chi connectivity index (χ0) is 15.6. The average Bonchev–Trinajstić information content (AvgIpc) is 2.47. The van der Waals surface area contributed by atoms with Crippen molar-refractivity contribution >= 4 is 27.6 Å². The summed E-state index contributed by atoms with van der Waals surface area (Å²) in [7, 11) is -3.98. The van der Waals surface area contributed by atoms with Gasteiger partial charge in [-0.05, 0) is 18.2 Å². The molecule has 0 aromatic heterocycles. The summed E-state index contributed by atoms with van der Waals surface area (Å²) in [6, 6.07) is 5.30. The van der Waals surface area contributed by atoms with E-state index in [1.54, 1.807) is 0 Å². The number of hydrogen-bond acceptors (Lipinski definition) is 5. The van der Waals surface area contributed by atoms with Crippen LogP contribution in [-0.2, 0) is 14.8 Å². The molecule has 1 aromatic rings. The van der Waals surface area contributed by atoms with Crippen molar-refractivity contribution in [2.45, 2.75) is 11.0 Å². The monoisotopic (exact) mass is 330 g/mol. The fourth-order valence-electron chi connectivity index (χ4n) is 1.90. The third-order valence-electron chi connectivity index (χ3n) is 2.97. The number of carbonyl (C=O) groups is 1. The highest BCUT2D eigenvalue weighted by molar-refractivity contribution is 7.89. The van der Waals surface area contributed by atoms with Gasteiger partial charge in [0, 0.05) is 6.54 Å². The molecule has 9 heteroatoms. The fraction of sp³-hybridized carbons (Fsp3) is 0.333. The van der Waals surface area contributed by atoms with Crippen molar-refractivity contribution < 1.29 is 23.1 Å². The first-order chi connectivity index (χ1) is 9.86. The summed E-state index contributed by atoms with van der Waals surface area (Å²) in [5.74, 6) is -1.25. The predicted molar refractivity (Wildman–Crippen MR) is 72.5 cm³/mol. The second kappa shape index (κ2) is 5.99. The Bertz CT molecular complexity index is 713. The van der Waals surface area contributed by atoms with E-state index in [-0.39, 0.29) is 35.2 Å². The first-order valence-corrected chi connectivity index (χ1v) is 7.72. The number of ether oxygens (including phenoxy) is 1. The summed E-state index contributed by atoms with van der Waals surface area (Å²) in [6.07, 6.45) is -0.852. The lowest BCUT2D eigenvalue weighted by molar-refractivity contribution is 0.0311. The maximum Gasteiger partial charge on any atom is 0.335 e. The smallest absolute Gasteiger partial charge is 0.335 e. The molecule has 1 saturated heterocycles. The molecule has 2 rings (SSSR count). The van der Waals surface area contributed by atoms with Crippen LogP contribution >= 0.6 is 11.6 Å². The first kappa shape index (κ1) is 15.7. The van der Waals surface area contributed by atoms with E-state index < -0.39 is 22.1 Å². The van der Waals surface area contributed by atoms with Gasteiger partial charge in [0.05, 0.1) is 29.8 Å². The zero-order valence-corrected chi connectivity index (χ0v) is 12.3. The molecule has 0 radical (unpaired) electrons. The van der Waals surface area contributed by atoms with E-state index in [1.807, 2.05) is 6.07 Å². The van der Waals surface area contributed by atoms with E-state index in [1.165, 1.54) is 12.1 Å². The van der Waals surface area contributed by atoms with E-state index in [0.717, 1.165) is 10.4 Å². The third kappa shape index (κ3) is 3.16. The van der Waals surface area contributed by atoms with Gasteiger partial charge in [-0.3, -0.25) is 0 Å². The molecule has 1 N–H and O–H groups in total. The molecule has 0 amide bonds. The topological polar surface area (TPSA) is 108 Å². The molecular weight excluding hydrogens is 320 g/mol. The van der Waals surface area contributed by atoms with Gasteiger partial charge in [-0.2, -0.15) is 9.57 Å². The van der Waals surface area contributed by atoms with Crippen LogP contribution in [0, 0.1) is 11.3 Å². The third-order valence-corrected chi connectivity index (χ3v) is 5.32. The van der Waals surface area contributed by atoms with Crippen molar-refractivity contribution in [2.24, 2.45) is 0 Å². The normalized spacial score (nSPS) is 19.9. The second-order valence-electron chi connectivity index (χ2n) is 4.30. The number of aromatic carboxylic acids is 1. The number of sulfonamides is 1. The minimum atomic E-state index is -3.98. The lowest BCUT2D eigenvalue weighted by Crippen LogP contribution is -2.45. The molecule has 0 spiro atoms. The number of carboxylic acids is 1. The van der Waals surface area contributed by atoms with E-state index in [0.29, 0.717) is 0 Å². The molecule has 1 unspecified atom stereocenters. The largest absolute Gasteiger partial charge is 0.478 e. The summed E-state index contributed by atoms with van der Waals surface area (Å²) >= 11 is 5.88. The molecule has 1 aliphatic heterocycles. The van der Waals surface area contributed by atoms with Crippen molar-refractivity contribution in [2.75, 3.05) is 19.7 Å². The van der Waals surface area contributed by atoms with Crippen LogP contribution in [0.4, 0.5) is 0 Å². The van der Waals surface area contributed by atoms with Crippen LogP contribution in [0.3, 0.4) is 0 Å². The Morgan fingerprint density at radius 2 is 2.24 bits per heavy atom. The summed E-state index contributed by atoms with van der Waals surface area (Å²) in [5, 5.41) is 17.7. The van der Waals surface area contributed by atoms with E-state index in [4.69, 9.17) is 26.7 Å². The molecule has 1 aromatic carbocycles. The van der Waals surface area contributed by atoms with Crippen LogP contribution in [-0.4, -0.2) is 49.6 Å². The number of morpholine rings is 1. The lowest BCUT2D eigenvalue weighted by Gasteiger charge is -2.29. The minimum Gasteiger partial charge on any atom is -0.478 e. The zero-order valence-electron chi connectivity index (χ0n) is 10.7. The van der Waals surface area contributed by atoms with Gasteiger partial charge in [-0.15, -0.1) is 0 Å². The Morgan fingerprint density at radius 1 is 1.52 bits per heavy atom. The highest BCUT2D eigenvalue weighted by Crippen LogP contribution is 2.27. The fourth-order valence-corrected chi connectivity index (χ4v) is 3.82. The van der Waals surface area contributed by atoms with Crippen LogP contribution in [0.25, 0.3) is 0 Å². The molecule has 1 heterocycles. The Kier molecular flexibility index (Phi) is 4.49. The SMILES string of the molecule is N#CC1CN(S(=O)(=O)c2cc(C(=O)O)ccc2Cl)CCO1. The van der Waals surface area contributed by atoms with Gasteiger partial charge in [0.15, 0.2) is 6.10 Å². The molecule has 1 aliphatic rings. The standard InChI is InChI=1S/C12H11ClN2O5S/c13-10-2-1-8(12(16)17)5-11(10)21(18,19)15-3-4-20-9(6-14)7-15/h1-2,5,9H,3-4,7H2,(H,16,17). The van der Waals surface area contributed by atoms with Gasteiger partial charge >= 0.3 is 5.97 Å². The lowest BCUT2D eigenvalue weighted by atomic mass is 10.2. The van der Waals surface area contributed by atoms with Crippen molar-refractivity contribution in [3.63, 3.8) is 0 Å². The molecule has 0 aliphatic carbocycles. The number of halogens is 1. The van der Waals surface area contributed by atoms with Crippen LogP contribution in [0.15, 0.2) is 23.1 Å². The van der Waals surface area contributed by atoms with E-state index >= 15 is 0 Å². The summed E-state index contributed by atoms with van der Waals surface area (Å²) in [6.45, 7) is 0.0499. The molecule has 7 nitrogen and oxygen atoms in total. The van der Waals surface area contributed by atoms with Crippen LogP contribution in [0.5, 0.6) is 0 Å². The quantitative estimate of drug-likeness (QED) is 0.884. The Morgan fingerprint density at radius 3 is 2.86 bits per heavy atom. The first-order valence-electron chi connectivity index (χ1n) is 5.90. The molecule has 0 saturated carbocycles. The van der Waals surface area contributed by atoms with Crippen molar-refractivity contribution in [3.05, 3.63) is 28.8 Å². The Hall–Kier alpha value is -1.66. The second-order valence-corrected chi connectivity index (χ2v) is 6.62. The minimum absolute atomic E-state index is 0.0694. The van der Waals surface area contributed by atoms with Crippen molar-refractivity contribution in [1.29, 1.82) is 5.26 Å². The molecule has 1 fully saturated rings. The summed E-state index contributed by atoms with van der Waals surface area (Å²) < 4.78 is 31.2. The maximum absolute atomic E-state index is 12.5. The number of nitrogens with zero attached hydrogens (tertiary/aromatic N) is 2. The van der Waals surface area contributed by atoms with Gasteiger partial charge in [0.25, 0.3) is 0 Å². The van der Waals surface area contributed by atoms with Crippen LogP contribution < -0.4 is 0 Å². The van der Waals surface area contributed by atoms with E-state index in [9.17, 15) is 13.2 Å². The van der Waals surface area contributed by atoms with Gasteiger partial charge in [-0.1, -0.05) is 11.6 Å². The number of nitriles is 1. The number of carboxylic acid groups (broad SMARTS) is 1. The summed E-state index contributed by atoms with van der Waals surface area (Å²) in [5.41, 5.74) is -0.178. The van der Waals surface area contributed by atoms with Gasteiger partial charge in [0.1, 0.15) is 4.90 Å². The predicted octanol–water partition coefficient (Wildman–Crippen LogP) is 0.951. The highest BCUT2D eigenvalue weighted by Gasteiger charge is 2.32. The Balaban J connectivity index is 2.42. The highest BCUT2D eigenvalue weighted by atomic mass is 35.5. The Labute approximate surface area is 126 Å². The van der Waals surface area contributed by atoms with Crippen LogP contribution in [0.2, 0.25) is 5.02 Å². The molecule has 112 valence electrons. The average molecular weight is 331 g/mol. The number of hydrogen-bond donors (Lipinski definition) is 1. The van der Waals surface area contributed by atoms with Gasteiger partial charge < -0.3 is 9.84 Å².